The van der Waals surface area contributed by atoms with Gasteiger partial charge in [0.25, 0.3) is 0 Å². The standard InChI is InChI=1S/C13H14N2O2/c1-3-16-15-13(12-7-8-17-14-12)11-6-4-5-10(2)9-11/h4-9H,3H2,1-2H3/b15-13-. The van der Waals surface area contributed by atoms with E-state index in [4.69, 9.17) is 9.36 Å². The number of hydrogen-bond acceptors (Lipinski definition) is 4. The molecule has 0 fully saturated rings. The van der Waals surface area contributed by atoms with Crippen molar-refractivity contribution in [1.29, 1.82) is 0 Å². The summed E-state index contributed by atoms with van der Waals surface area (Å²) in [5.41, 5.74) is 3.48. The van der Waals surface area contributed by atoms with Gasteiger partial charge < -0.3 is 9.36 Å². The van der Waals surface area contributed by atoms with Crippen LogP contribution in [0.4, 0.5) is 0 Å². The van der Waals surface area contributed by atoms with Crippen molar-refractivity contribution in [3.63, 3.8) is 0 Å². The van der Waals surface area contributed by atoms with Gasteiger partial charge in [-0.05, 0) is 19.9 Å². The minimum Gasteiger partial charge on any atom is -0.396 e. The van der Waals surface area contributed by atoms with Crippen LogP contribution in [0.25, 0.3) is 0 Å². The molecule has 4 heteroatoms. The van der Waals surface area contributed by atoms with Crippen molar-refractivity contribution in [2.24, 2.45) is 5.16 Å². The average Bonchev–Trinajstić information content (AvgIpc) is 2.83. The van der Waals surface area contributed by atoms with E-state index in [0.717, 1.165) is 11.1 Å². The van der Waals surface area contributed by atoms with Crippen molar-refractivity contribution in [3.8, 4) is 0 Å². The van der Waals surface area contributed by atoms with Gasteiger partial charge in [0.05, 0.1) is 0 Å². The van der Waals surface area contributed by atoms with E-state index in [1.54, 1.807) is 6.07 Å². The second-order valence-electron chi connectivity index (χ2n) is 3.61. The molecule has 0 N–H and O–H groups in total. The van der Waals surface area contributed by atoms with Gasteiger partial charge in [0, 0.05) is 11.6 Å². The molecule has 1 heterocycles. The van der Waals surface area contributed by atoms with Crippen molar-refractivity contribution in [3.05, 3.63) is 53.4 Å². The van der Waals surface area contributed by atoms with E-state index >= 15 is 0 Å². The molecule has 0 atom stereocenters. The van der Waals surface area contributed by atoms with Crippen molar-refractivity contribution < 1.29 is 9.36 Å². The van der Waals surface area contributed by atoms with Gasteiger partial charge >= 0.3 is 0 Å². The zero-order chi connectivity index (χ0) is 12.1. The van der Waals surface area contributed by atoms with Crippen LogP contribution >= 0.6 is 0 Å². The van der Waals surface area contributed by atoms with E-state index in [1.807, 2.05) is 38.1 Å². The summed E-state index contributed by atoms with van der Waals surface area (Å²) in [5.74, 6) is 0. The summed E-state index contributed by atoms with van der Waals surface area (Å²) in [6.07, 6.45) is 1.52. The Balaban J connectivity index is 2.41. The quantitative estimate of drug-likeness (QED) is 0.599. The molecule has 2 rings (SSSR count). The summed E-state index contributed by atoms with van der Waals surface area (Å²) in [7, 11) is 0. The molecule has 0 aliphatic carbocycles. The van der Waals surface area contributed by atoms with Crippen LogP contribution < -0.4 is 0 Å². The second-order valence-corrected chi connectivity index (χ2v) is 3.61. The van der Waals surface area contributed by atoms with Crippen LogP contribution in [-0.2, 0) is 4.84 Å². The number of aromatic nitrogens is 1. The van der Waals surface area contributed by atoms with E-state index in [9.17, 15) is 0 Å². The smallest absolute Gasteiger partial charge is 0.139 e. The summed E-state index contributed by atoms with van der Waals surface area (Å²) in [6, 6.07) is 9.78. The topological polar surface area (TPSA) is 47.6 Å². The molecular formula is C13H14N2O2. The van der Waals surface area contributed by atoms with Gasteiger partial charge in [-0.15, -0.1) is 0 Å². The number of rotatable bonds is 4. The maximum Gasteiger partial charge on any atom is 0.139 e. The molecule has 0 radical (unpaired) electrons. The van der Waals surface area contributed by atoms with Crippen LogP contribution in [0.2, 0.25) is 0 Å². The third kappa shape index (κ3) is 2.72. The van der Waals surface area contributed by atoms with E-state index in [0.29, 0.717) is 18.0 Å². The fourth-order valence-corrected chi connectivity index (χ4v) is 1.50. The zero-order valence-corrected chi connectivity index (χ0v) is 9.88. The Bertz CT molecular complexity index is 504. The van der Waals surface area contributed by atoms with Gasteiger partial charge in [0.1, 0.15) is 24.3 Å². The number of nitrogens with zero attached hydrogens (tertiary/aromatic N) is 2. The molecule has 0 amide bonds. The molecule has 2 aromatic rings. The van der Waals surface area contributed by atoms with Gasteiger partial charge in [0.2, 0.25) is 0 Å². The van der Waals surface area contributed by atoms with E-state index in [1.165, 1.54) is 6.26 Å². The lowest BCUT2D eigenvalue weighted by molar-refractivity contribution is 0.159. The highest BCUT2D eigenvalue weighted by Gasteiger charge is 2.11. The molecule has 0 aliphatic rings. The van der Waals surface area contributed by atoms with Gasteiger partial charge in [-0.2, -0.15) is 0 Å². The Hall–Kier alpha value is -2.10. The van der Waals surface area contributed by atoms with E-state index in [-0.39, 0.29) is 0 Å². The third-order valence-electron chi connectivity index (χ3n) is 2.26. The number of benzene rings is 1. The van der Waals surface area contributed by atoms with Crippen molar-refractivity contribution in [2.75, 3.05) is 6.61 Å². The lowest BCUT2D eigenvalue weighted by Crippen LogP contribution is -2.05. The molecule has 4 nitrogen and oxygen atoms in total. The molecule has 1 aromatic heterocycles. The molecular weight excluding hydrogens is 216 g/mol. The molecule has 17 heavy (non-hydrogen) atoms. The molecule has 1 aromatic carbocycles. The molecule has 0 aliphatic heterocycles. The highest BCUT2D eigenvalue weighted by atomic mass is 16.6. The van der Waals surface area contributed by atoms with Crippen LogP contribution in [0.1, 0.15) is 23.7 Å². The first-order valence-corrected chi connectivity index (χ1v) is 5.49. The Morgan fingerprint density at radius 3 is 2.94 bits per heavy atom. The Labute approximate surface area is 99.9 Å². The molecule has 0 bridgehead atoms. The van der Waals surface area contributed by atoms with Gasteiger partial charge in [-0.25, -0.2) is 0 Å². The summed E-state index contributed by atoms with van der Waals surface area (Å²) in [4.78, 5) is 5.12. The van der Waals surface area contributed by atoms with Crippen LogP contribution in [-0.4, -0.2) is 17.5 Å². The third-order valence-corrected chi connectivity index (χ3v) is 2.26. The van der Waals surface area contributed by atoms with Crippen molar-refractivity contribution in [1.82, 2.24) is 5.16 Å². The SMILES string of the molecule is CCO/N=C(/c1cccc(C)c1)c1ccon1. The number of aryl methyl sites for hydroxylation is 1. The zero-order valence-electron chi connectivity index (χ0n) is 9.88. The molecule has 0 spiro atoms. The van der Waals surface area contributed by atoms with Crippen LogP contribution in [0, 0.1) is 6.92 Å². The first kappa shape index (κ1) is 11.4. The van der Waals surface area contributed by atoms with Crippen molar-refractivity contribution >= 4 is 5.71 Å². The maximum absolute atomic E-state index is 5.12. The van der Waals surface area contributed by atoms with Crippen LogP contribution in [0.3, 0.4) is 0 Å². The summed E-state index contributed by atoms with van der Waals surface area (Å²) in [6.45, 7) is 4.44. The lowest BCUT2D eigenvalue weighted by Gasteiger charge is -2.04. The molecule has 88 valence electrons. The fraction of sp³-hybridized carbons (Fsp3) is 0.231. The normalized spacial score (nSPS) is 11.5. The fourth-order valence-electron chi connectivity index (χ4n) is 1.50. The molecule has 0 saturated carbocycles. The summed E-state index contributed by atoms with van der Waals surface area (Å²) < 4.78 is 4.84. The minimum atomic E-state index is 0.521. The first-order valence-electron chi connectivity index (χ1n) is 5.49. The first-order chi connectivity index (χ1) is 8.31. The van der Waals surface area contributed by atoms with Crippen LogP contribution in [0.15, 0.2) is 46.3 Å². The van der Waals surface area contributed by atoms with Crippen LogP contribution in [0.5, 0.6) is 0 Å². The maximum atomic E-state index is 5.12. The molecule has 0 unspecified atom stereocenters. The predicted octanol–water partition coefficient (Wildman–Crippen LogP) is 2.77. The summed E-state index contributed by atoms with van der Waals surface area (Å²) in [5, 5.41) is 7.98. The highest BCUT2D eigenvalue weighted by Crippen LogP contribution is 2.11. The summed E-state index contributed by atoms with van der Waals surface area (Å²) >= 11 is 0. The highest BCUT2D eigenvalue weighted by molar-refractivity contribution is 6.11. The molecule has 0 saturated heterocycles. The largest absolute Gasteiger partial charge is 0.396 e. The Kier molecular flexibility index (Phi) is 3.55. The van der Waals surface area contributed by atoms with Gasteiger partial charge in [-0.3, -0.25) is 0 Å². The monoisotopic (exact) mass is 230 g/mol. The average molecular weight is 230 g/mol. The Morgan fingerprint density at radius 2 is 2.29 bits per heavy atom. The lowest BCUT2D eigenvalue weighted by atomic mass is 10.1. The number of oxime groups is 1. The van der Waals surface area contributed by atoms with E-state index < -0.39 is 0 Å². The Morgan fingerprint density at radius 1 is 1.41 bits per heavy atom. The predicted molar refractivity (Wildman–Crippen MR) is 64.9 cm³/mol. The van der Waals surface area contributed by atoms with Crippen molar-refractivity contribution in [2.45, 2.75) is 13.8 Å². The second kappa shape index (κ2) is 5.30. The number of hydrogen-bond donors (Lipinski definition) is 0. The van der Waals surface area contributed by atoms with Gasteiger partial charge in [0.15, 0.2) is 0 Å². The van der Waals surface area contributed by atoms with E-state index in [2.05, 4.69) is 10.3 Å². The minimum absolute atomic E-state index is 0.521. The van der Waals surface area contributed by atoms with Gasteiger partial charge in [-0.1, -0.05) is 34.1 Å².